The van der Waals surface area contributed by atoms with Crippen LogP contribution in [-0.2, 0) is 0 Å². The molecule has 1 aliphatic rings. The third-order valence-electron chi connectivity index (χ3n) is 3.64. The first-order chi connectivity index (χ1) is 8.16. The van der Waals surface area contributed by atoms with Gasteiger partial charge in [-0.1, -0.05) is 12.8 Å². The molecular weight excluding hydrogens is 217 g/mol. The van der Waals surface area contributed by atoms with E-state index in [9.17, 15) is 9.50 Å². The molecule has 0 radical (unpaired) electrons. The Morgan fingerprint density at radius 3 is 2.53 bits per heavy atom. The van der Waals surface area contributed by atoms with E-state index in [1.165, 1.54) is 18.6 Å². The van der Waals surface area contributed by atoms with Crippen LogP contribution in [0.2, 0.25) is 0 Å². The molecule has 0 saturated heterocycles. The van der Waals surface area contributed by atoms with Gasteiger partial charge in [0, 0.05) is 25.2 Å². The summed E-state index contributed by atoms with van der Waals surface area (Å²) in [6.45, 7) is 0.840. The zero-order valence-corrected chi connectivity index (χ0v) is 10.3. The lowest BCUT2D eigenvalue weighted by Gasteiger charge is -2.32. The minimum atomic E-state index is -0.208. The molecule has 0 spiro atoms. The van der Waals surface area contributed by atoms with E-state index in [2.05, 4.69) is 4.90 Å². The van der Waals surface area contributed by atoms with E-state index in [1.807, 2.05) is 7.05 Å². The Morgan fingerprint density at radius 2 is 1.88 bits per heavy atom. The van der Waals surface area contributed by atoms with Crippen molar-refractivity contribution in [3.8, 4) is 0 Å². The molecule has 0 bridgehead atoms. The van der Waals surface area contributed by atoms with Crippen LogP contribution in [0.4, 0.5) is 10.1 Å². The van der Waals surface area contributed by atoms with E-state index in [0.29, 0.717) is 5.92 Å². The average molecular weight is 237 g/mol. The van der Waals surface area contributed by atoms with Gasteiger partial charge in [-0.25, -0.2) is 4.39 Å². The largest absolute Gasteiger partial charge is 0.393 e. The molecule has 2 rings (SSSR count). The second-order valence-electron chi connectivity index (χ2n) is 4.97. The van der Waals surface area contributed by atoms with Gasteiger partial charge in [-0.3, -0.25) is 0 Å². The summed E-state index contributed by atoms with van der Waals surface area (Å²) >= 11 is 0. The quantitative estimate of drug-likeness (QED) is 0.873. The number of benzene rings is 1. The van der Waals surface area contributed by atoms with Gasteiger partial charge in [0.1, 0.15) is 5.82 Å². The number of hydrogen-bond donors (Lipinski definition) is 1. The van der Waals surface area contributed by atoms with Gasteiger partial charge >= 0.3 is 0 Å². The molecule has 1 aromatic carbocycles. The van der Waals surface area contributed by atoms with Crippen molar-refractivity contribution in [2.75, 3.05) is 18.5 Å². The Hall–Kier alpha value is -1.09. The highest BCUT2D eigenvalue weighted by atomic mass is 19.1. The van der Waals surface area contributed by atoms with Gasteiger partial charge in [0.2, 0.25) is 0 Å². The summed E-state index contributed by atoms with van der Waals surface area (Å²) in [4.78, 5) is 2.10. The fourth-order valence-corrected chi connectivity index (χ4v) is 2.55. The minimum absolute atomic E-state index is 0.174. The molecule has 2 atom stereocenters. The van der Waals surface area contributed by atoms with Crippen LogP contribution >= 0.6 is 0 Å². The normalized spacial score (nSPS) is 24.6. The number of halogens is 1. The zero-order chi connectivity index (χ0) is 12.3. The van der Waals surface area contributed by atoms with E-state index in [1.54, 1.807) is 12.1 Å². The first-order valence-electron chi connectivity index (χ1n) is 6.31. The van der Waals surface area contributed by atoms with Crippen LogP contribution < -0.4 is 4.90 Å². The molecule has 94 valence electrons. The van der Waals surface area contributed by atoms with Gasteiger partial charge in [-0.05, 0) is 37.1 Å². The molecule has 2 unspecified atom stereocenters. The summed E-state index contributed by atoms with van der Waals surface area (Å²) in [6.07, 6.45) is 4.18. The fourth-order valence-electron chi connectivity index (χ4n) is 2.55. The van der Waals surface area contributed by atoms with Crippen LogP contribution in [-0.4, -0.2) is 24.8 Å². The molecular formula is C14H20FNO. The second kappa shape index (κ2) is 5.50. The van der Waals surface area contributed by atoms with Crippen molar-refractivity contribution in [3.05, 3.63) is 30.1 Å². The average Bonchev–Trinajstić information content (AvgIpc) is 2.33. The van der Waals surface area contributed by atoms with Gasteiger partial charge in [-0.15, -0.1) is 0 Å². The molecule has 2 nitrogen and oxygen atoms in total. The highest BCUT2D eigenvalue weighted by molar-refractivity contribution is 5.45. The van der Waals surface area contributed by atoms with Gasteiger partial charge in [0.05, 0.1) is 6.10 Å². The molecule has 1 aromatic rings. The van der Waals surface area contributed by atoms with Crippen molar-refractivity contribution in [1.82, 2.24) is 0 Å². The fraction of sp³-hybridized carbons (Fsp3) is 0.571. The van der Waals surface area contributed by atoms with Crippen LogP contribution in [0, 0.1) is 11.7 Å². The highest BCUT2D eigenvalue weighted by Crippen LogP contribution is 2.26. The highest BCUT2D eigenvalue weighted by Gasteiger charge is 2.24. The van der Waals surface area contributed by atoms with Crippen LogP contribution in [0.1, 0.15) is 25.7 Å². The second-order valence-corrected chi connectivity index (χ2v) is 4.97. The van der Waals surface area contributed by atoms with Gasteiger partial charge in [0.15, 0.2) is 0 Å². The van der Waals surface area contributed by atoms with E-state index >= 15 is 0 Å². The number of aliphatic hydroxyl groups excluding tert-OH is 1. The van der Waals surface area contributed by atoms with E-state index in [-0.39, 0.29) is 11.9 Å². The van der Waals surface area contributed by atoms with Crippen LogP contribution in [0.15, 0.2) is 24.3 Å². The molecule has 1 saturated carbocycles. The Balaban J connectivity index is 1.95. The number of aliphatic hydroxyl groups is 1. The van der Waals surface area contributed by atoms with E-state index < -0.39 is 0 Å². The predicted octanol–water partition coefficient (Wildman–Crippen LogP) is 2.81. The lowest BCUT2D eigenvalue weighted by molar-refractivity contribution is 0.0736. The maximum absolute atomic E-state index is 12.8. The molecule has 1 N–H and O–H groups in total. The smallest absolute Gasteiger partial charge is 0.123 e. The van der Waals surface area contributed by atoms with Crippen molar-refractivity contribution in [2.45, 2.75) is 31.8 Å². The summed E-state index contributed by atoms with van der Waals surface area (Å²) in [5.41, 5.74) is 1.00. The third kappa shape index (κ3) is 3.19. The molecule has 0 aliphatic heterocycles. The SMILES string of the molecule is CN(CC1CCCCC1O)c1ccc(F)cc1. The first kappa shape index (κ1) is 12.4. The minimum Gasteiger partial charge on any atom is -0.393 e. The molecule has 0 aromatic heterocycles. The molecule has 3 heteroatoms. The summed E-state index contributed by atoms with van der Waals surface area (Å²) < 4.78 is 12.8. The van der Waals surface area contributed by atoms with Crippen molar-refractivity contribution in [3.63, 3.8) is 0 Å². The third-order valence-corrected chi connectivity index (χ3v) is 3.64. The van der Waals surface area contributed by atoms with Crippen LogP contribution in [0.5, 0.6) is 0 Å². The Labute approximate surface area is 102 Å². The first-order valence-corrected chi connectivity index (χ1v) is 6.31. The Morgan fingerprint density at radius 1 is 1.24 bits per heavy atom. The number of nitrogens with zero attached hydrogens (tertiary/aromatic N) is 1. The van der Waals surface area contributed by atoms with Gasteiger partial charge < -0.3 is 10.0 Å². The zero-order valence-electron chi connectivity index (χ0n) is 10.3. The standard InChI is InChI=1S/C14H20FNO/c1-16(13-8-6-12(15)7-9-13)10-11-4-2-3-5-14(11)17/h6-9,11,14,17H,2-5,10H2,1H3. The predicted molar refractivity (Wildman–Crippen MR) is 67.6 cm³/mol. The van der Waals surface area contributed by atoms with E-state index in [4.69, 9.17) is 0 Å². The lowest BCUT2D eigenvalue weighted by Crippen LogP contribution is -2.35. The van der Waals surface area contributed by atoms with Crippen LogP contribution in [0.3, 0.4) is 0 Å². The maximum atomic E-state index is 12.8. The van der Waals surface area contributed by atoms with Crippen LogP contribution in [0.25, 0.3) is 0 Å². The molecule has 1 fully saturated rings. The monoisotopic (exact) mass is 237 g/mol. The lowest BCUT2D eigenvalue weighted by atomic mass is 9.86. The summed E-state index contributed by atoms with van der Waals surface area (Å²) in [7, 11) is 1.99. The van der Waals surface area contributed by atoms with Crippen molar-refractivity contribution in [2.24, 2.45) is 5.92 Å². The Bertz CT molecular complexity index is 352. The number of anilines is 1. The molecule has 0 amide bonds. The van der Waals surface area contributed by atoms with Crippen molar-refractivity contribution < 1.29 is 9.50 Å². The maximum Gasteiger partial charge on any atom is 0.123 e. The van der Waals surface area contributed by atoms with E-state index in [0.717, 1.165) is 31.5 Å². The Kier molecular flexibility index (Phi) is 4.00. The van der Waals surface area contributed by atoms with Crippen molar-refractivity contribution in [1.29, 1.82) is 0 Å². The van der Waals surface area contributed by atoms with Crippen molar-refractivity contribution >= 4 is 5.69 Å². The molecule has 0 heterocycles. The number of hydrogen-bond acceptors (Lipinski definition) is 2. The molecule has 17 heavy (non-hydrogen) atoms. The summed E-state index contributed by atoms with van der Waals surface area (Å²) in [5.74, 6) is 0.138. The topological polar surface area (TPSA) is 23.5 Å². The molecule has 1 aliphatic carbocycles. The van der Waals surface area contributed by atoms with Gasteiger partial charge in [0.25, 0.3) is 0 Å². The summed E-state index contributed by atoms with van der Waals surface area (Å²) in [5, 5.41) is 9.92. The number of rotatable bonds is 3. The summed E-state index contributed by atoms with van der Waals surface area (Å²) in [6, 6.07) is 6.52. The van der Waals surface area contributed by atoms with Gasteiger partial charge in [-0.2, -0.15) is 0 Å².